The summed E-state index contributed by atoms with van der Waals surface area (Å²) in [5.74, 6) is 0. The van der Waals surface area contributed by atoms with Crippen molar-refractivity contribution in [3.05, 3.63) is 29.3 Å². The van der Waals surface area contributed by atoms with E-state index in [1.54, 1.807) is 12.1 Å². The van der Waals surface area contributed by atoms with Gasteiger partial charge in [-0.25, -0.2) is 4.79 Å². The van der Waals surface area contributed by atoms with Gasteiger partial charge in [0.2, 0.25) is 0 Å². The quantitative estimate of drug-likeness (QED) is 0.890. The molecule has 0 aliphatic carbocycles. The summed E-state index contributed by atoms with van der Waals surface area (Å²) in [6, 6.07) is 7.97. The fourth-order valence-corrected chi connectivity index (χ4v) is 3.04. The summed E-state index contributed by atoms with van der Waals surface area (Å²) in [4.78, 5) is 14.4. The summed E-state index contributed by atoms with van der Waals surface area (Å²) in [7, 11) is 0. The minimum atomic E-state index is -0.209. The Hall–Kier alpha value is -1.26. The lowest BCUT2D eigenvalue weighted by atomic mass is 10.0. The van der Waals surface area contributed by atoms with Crippen molar-refractivity contribution < 1.29 is 4.79 Å². The Morgan fingerprint density at radius 1 is 1.43 bits per heavy atom. The summed E-state index contributed by atoms with van der Waals surface area (Å²) in [6.07, 6.45) is 3.81. The van der Waals surface area contributed by atoms with Crippen molar-refractivity contribution in [1.29, 1.82) is 0 Å². The molecule has 5 heteroatoms. The van der Waals surface area contributed by atoms with Gasteiger partial charge >= 0.3 is 6.03 Å². The Balaban J connectivity index is 1.79. The van der Waals surface area contributed by atoms with Crippen LogP contribution in [0.4, 0.5) is 10.5 Å². The number of carbonyl (C=O) groups is 1. The monoisotopic (exact) mass is 309 g/mol. The Bertz CT molecular complexity index is 480. The number of urea groups is 1. The first-order valence-electron chi connectivity index (χ1n) is 7.63. The van der Waals surface area contributed by atoms with Crippen LogP contribution in [0.25, 0.3) is 0 Å². The van der Waals surface area contributed by atoms with Gasteiger partial charge < -0.3 is 10.6 Å². The predicted octanol–water partition coefficient (Wildman–Crippen LogP) is 3.72. The van der Waals surface area contributed by atoms with Gasteiger partial charge in [0, 0.05) is 18.6 Å². The fourth-order valence-electron chi connectivity index (χ4n) is 2.86. The molecule has 2 rings (SSSR count). The van der Waals surface area contributed by atoms with Crippen molar-refractivity contribution in [3.63, 3.8) is 0 Å². The van der Waals surface area contributed by atoms with E-state index >= 15 is 0 Å². The molecule has 1 aromatic carbocycles. The van der Waals surface area contributed by atoms with Gasteiger partial charge in [0.05, 0.1) is 10.7 Å². The zero-order chi connectivity index (χ0) is 15.2. The predicted molar refractivity (Wildman–Crippen MR) is 88.0 cm³/mol. The van der Waals surface area contributed by atoms with Crippen LogP contribution in [0, 0.1) is 0 Å². The molecule has 1 fully saturated rings. The van der Waals surface area contributed by atoms with Crippen LogP contribution in [0.2, 0.25) is 5.02 Å². The lowest BCUT2D eigenvalue weighted by molar-refractivity contribution is 0.114. The fraction of sp³-hybridized carbons (Fsp3) is 0.562. The van der Waals surface area contributed by atoms with Crippen molar-refractivity contribution >= 4 is 23.3 Å². The number of anilines is 1. The number of halogens is 1. The van der Waals surface area contributed by atoms with Gasteiger partial charge in [-0.15, -0.1) is 0 Å². The number of rotatable bonds is 4. The highest BCUT2D eigenvalue weighted by Gasteiger charge is 2.23. The SMILES string of the molecule is CC1CCCCN1C(C)CNC(=O)Nc1ccccc1Cl. The minimum absolute atomic E-state index is 0.209. The number of para-hydroxylation sites is 1. The first-order chi connectivity index (χ1) is 10.1. The van der Waals surface area contributed by atoms with E-state index in [9.17, 15) is 4.79 Å². The average Bonchev–Trinajstić information content (AvgIpc) is 2.48. The smallest absolute Gasteiger partial charge is 0.319 e. The van der Waals surface area contributed by atoms with E-state index in [4.69, 9.17) is 11.6 Å². The van der Waals surface area contributed by atoms with Crippen molar-refractivity contribution in [3.8, 4) is 0 Å². The molecule has 0 spiro atoms. The molecule has 2 unspecified atom stereocenters. The van der Waals surface area contributed by atoms with Crippen LogP contribution >= 0.6 is 11.6 Å². The zero-order valence-electron chi connectivity index (χ0n) is 12.7. The molecule has 1 aliphatic heterocycles. The largest absolute Gasteiger partial charge is 0.336 e. The highest BCUT2D eigenvalue weighted by atomic mass is 35.5. The third-order valence-corrected chi connectivity index (χ3v) is 4.43. The standard InChI is InChI=1S/C16H24ClN3O/c1-12-7-5-6-10-20(12)13(2)11-18-16(21)19-15-9-4-3-8-14(15)17/h3-4,8-9,12-13H,5-7,10-11H2,1-2H3,(H2,18,19,21). The molecule has 4 nitrogen and oxygen atoms in total. The molecule has 1 saturated heterocycles. The van der Waals surface area contributed by atoms with Crippen LogP contribution in [0.3, 0.4) is 0 Å². The molecule has 0 radical (unpaired) electrons. The molecule has 2 N–H and O–H groups in total. The van der Waals surface area contributed by atoms with Gasteiger partial charge in [-0.1, -0.05) is 30.2 Å². The maximum atomic E-state index is 11.9. The number of carbonyl (C=O) groups excluding carboxylic acids is 1. The summed E-state index contributed by atoms with van der Waals surface area (Å²) in [6.45, 7) is 6.19. The van der Waals surface area contributed by atoms with E-state index in [1.165, 1.54) is 19.3 Å². The minimum Gasteiger partial charge on any atom is -0.336 e. The molecule has 2 amide bonds. The summed E-state index contributed by atoms with van der Waals surface area (Å²) < 4.78 is 0. The maximum Gasteiger partial charge on any atom is 0.319 e. The summed E-state index contributed by atoms with van der Waals surface area (Å²) >= 11 is 6.02. The molecule has 0 bridgehead atoms. The molecule has 1 aliphatic rings. The Kier molecular flexibility index (Phi) is 5.88. The lowest BCUT2D eigenvalue weighted by Crippen LogP contribution is -2.49. The van der Waals surface area contributed by atoms with E-state index in [1.807, 2.05) is 12.1 Å². The van der Waals surface area contributed by atoms with E-state index < -0.39 is 0 Å². The molecule has 0 saturated carbocycles. The lowest BCUT2D eigenvalue weighted by Gasteiger charge is -2.38. The van der Waals surface area contributed by atoms with E-state index in [-0.39, 0.29) is 6.03 Å². The first kappa shape index (κ1) is 16.1. The highest BCUT2D eigenvalue weighted by molar-refractivity contribution is 6.33. The zero-order valence-corrected chi connectivity index (χ0v) is 13.5. The molecule has 1 heterocycles. The van der Waals surface area contributed by atoms with Gasteiger partial charge in [0.25, 0.3) is 0 Å². The van der Waals surface area contributed by atoms with E-state index in [0.29, 0.717) is 29.3 Å². The molecular formula is C16H24ClN3O. The molecule has 21 heavy (non-hydrogen) atoms. The van der Waals surface area contributed by atoms with Gasteiger partial charge in [0.1, 0.15) is 0 Å². The summed E-state index contributed by atoms with van der Waals surface area (Å²) in [5.41, 5.74) is 0.635. The molecule has 116 valence electrons. The van der Waals surface area contributed by atoms with Gasteiger partial charge in [-0.2, -0.15) is 0 Å². The second kappa shape index (κ2) is 7.66. The number of hydrogen-bond donors (Lipinski definition) is 2. The Morgan fingerprint density at radius 2 is 2.19 bits per heavy atom. The molecule has 0 aromatic heterocycles. The van der Waals surface area contributed by atoms with Crippen molar-refractivity contribution in [2.75, 3.05) is 18.4 Å². The van der Waals surface area contributed by atoms with Crippen LogP contribution in [0.1, 0.15) is 33.1 Å². The third-order valence-electron chi connectivity index (χ3n) is 4.10. The van der Waals surface area contributed by atoms with Gasteiger partial charge in [0.15, 0.2) is 0 Å². The van der Waals surface area contributed by atoms with Crippen LogP contribution in [0.5, 0.6) is 0 Å². The highest BCUT2D eigenvalue weighted by Crippen LogP contribution is 2.20. The second-order valence-corrected chi connectivity index (χ2v) is 6.15. The Labute approximate surface area is 131 Å². The van der Waals surface area contributed by atoms with Crippen molar-refractivity contribution in [2.45, 2.75) is 45.2 Å². The number of hydrogen-bond acceptors (Lipinski definition) is 2. The number of nitrogens with zero attached hydrogens (tertiary/aromatic N) is 1. The topological polar surface area (TPSA) is 44.4 Å². The average molecular weight is 310 g/mol. The third kappa shape index (κ3) is 4.61. The summed E-state index contributed by atoms with van der Waals surface area (Å²) in [5, 5.41) is 6.25. The number of likely N-dealkylation sites (tertiary alicyclic amines) is 1. The molecule has 1 aromatic rings. The van der Waals surface area contributed by atoms with Gasteiger partial charge in [-0.3, -0.25) is 4.90 Å². The van der Waals surface area contributed by atoms with Crippen molar-refractivity contribution in [2.24, 2.45) is 0 Å². The number of nitrogens with one attached hydrogen (secondary N) is 2. The van der Waals surface area contributed by atoms with E-state index in [0.717, 1.165) is 6.54 Å². The molecular weight excluding hydrogens is 286 g/mol. The van der Waals surface area contributed by atoms with Crippen molar-refractivity contribution in [1.82, 2.24) is 10.2 Å². The first-order valence-corrected chi connectivity index (χ1v) is 8.01. The normalized spacial score (nSPS) is 20.8. The number of piperidine rings is 1. The van der Waals surface area contributed by atoms with Crippen LogP contribution in [0.15, 0.2) is 24.3 Å². The van der Waals surface area contributed by atoms with Crippen LogP contribution < -0.4 is 10.6 Å². The maximum absolute atomic E-state index is 11.9. The van der Waals surface area contributed by atoms with E-state index in [2.05, 4.69) is 29.4 Å². The van der Waals surface area contributed by atoms with Crippen LogP contribution in [-0.4, -0.2) is 36.1 Å². The Morgan fingerprint density at radius 3 is 2.90 bits per heavy atom. The number of benzene rings is 1. The second-order valence-electron chi connectivity index (χ2n) is 5.75. The molecule has 2 atom stereocenters. The van der Waals surface area contributed by atoms with Crippen LogP contribution in [-0.2, 0) is 0 Å². The van der Waals surface area contributed by atoms with Gasteiger partial charge in [-0.05, 0) is 45.4 Å². The number of amides is 2.